The van der Waals surface area contributed by atoms with Crippen molar-refractivity contribution in [3.8, 4) is 0 Å². The Labute approximate surface area is 148 Å². The summed E-state index contributed by atoms with van der Waals surface area (Å²) < 4.78 is 0. The number of aliphatic hydroxyl groups is 1. The van der Waals surface area contributed by atoms with E-state index < -0.39 is 6.10 Å². The van der Waals surface area contributed by atoms with Crippen molar-refractivity contribution in [2.24, 2.45) is 11.3 Å². The van der Waals surface area contributed by atoms with Gasteiger partial charge in [-0.3, -0.25) is 4.79 Å². The zero-order valence-corrected chi connectivity index (χ0v) is 14.6. The number of nitrogens with one attached hydrogen (secondary N) is 2. The molecule has 23 heavy (non-hydrogen) atoms. The average molecular weight is 359 g/mol. The molecule has 3 rings (SSSR count). The normalized spacial score (nSPS) is 27.7. The third-order valence-electron chi connectivity index (χ3n) is 5.20. The van der Waals surface area contributed by atoms with Crippen LogP contribution in [0.15, 0.2) is 24.3 Å². The number of carbonyl (C=O) groups is 1. The van der Waals surface area contributed by atoms with Gasteiger partial charge in [0.15, 0.2) is 0 Å². The first kappa shape index (κ1) is 18.5. The minimum atomic E-state index is -0.700. The molecule has 1 aromatic carbocycles. The first-order valence-corrected chi connectivity index (χ1v) is 8.42. The van der Waals surface area contributed by atoms with Crippen LogP contribution in [0, 0.1) is 11.3 Å². The van der Waals surface area contributed by atoms with Crippen molar-refractivity contribution in [2.45, 2.75) is 31.8 Å². The first-order chi connectivity index (χ1) is 10.6. The molecule has 128 valence electrons. The molecule has 6 heteroatoms. The molecule has 1 aromatic rings. The van der Waals surface area contributed by atoms with Crippen LogP contribution < -0.4 is 10.6 Å². The van der Waals surface area contributed by atoms with E-state index in [-0.39, 0.29) is 30.3 Å². The maximum atomic E-state index is 12.7. The lowest BCUT2D eigenvalue weighted by Gasteiger charge is -2.37. The zero-order valence-electron chi connectivity index (χ0n) is 13.1. The van der Waals surface area contributed by atoms with Gasteiger partial charge in [-0.15, -0.1) is 12.4 Å². The maximum absolute atomic E-state index is 12.7. The summed E-state index contributed by atoms with van der Waals surface area (Å²) in [4.78, 5) is 12.7. The molecule has 1 aliphatic carbocycles. The Bertz CT molecular complexity index is 538. The van der Waals surface area contributed by atoms with E-state index in [0.717, 1.165) is 37.9 Å². The van der Waals surface area contributed by atoms with Gasteiger partial charge in [-0.2, -0.15) is 0 Å². The van der Waals surface area contributed by atoms with Crippen LogP contribution in [0.3, 0.4) is 0 Å². The Morgan fingerprint density at radius 3 is 2.87 bits per heavy atom. The number of aliphatic hydroxyl groups excluding tert-OH is 1. The molecular weight excluding hydrogens is 335 g/mol. The van der Waals surface area contributed by atoms with Crippen LogP contribution in [0.25, 0.3) is 0 Å². The third kappa shape index (κ3) is 3.82. The summed E-state index contributed by atoms with van der Waals surface area (Å²) in [5.41, 5.74) is 0.504. The maximum Gasteiger partial charge on any atom is 0.227 e. The van der Waals surface area contributed by atoms with E-state index in [1.165, 1.54) is 6.42 Å². The molecule has 0 radical (unpaired) electrons. The van der Waals surface area contributed by atoms with E-state index >= 15 is 0 Å². The Balaban J connectivity index is 0.00000192. The number of rotatable bonds is 4. The second-order valence-electron chi connectivity index (χ2n) is 6.51. The van der Waals surface area contributed by atoms with Gasteiger partial charge in [-0.05, 0) is 43.0 Å². The SMILES string of the molecule is Cl.O=C(NCC(O)c1ccc(Cl)cc1)[C@@]12CCCC[C@H]1CNC2. The highest BCUT2D eigenvalue weighted by molar-refractivity contribution is 6.30. The lowest BCUT2D eigenvalue weighted by Crippen LogP contribution is -2.48. The number of fused-ring (bicyclic) bond motifs is 1. The highest BCUT2D eigenvalue weighted by Crippen LogP contribution is 2.43. The lowest BCUT2D eigenvalue weighted by atomic mass is 9.67. The minimum absolute atomic E-state index is 0. The fourth-order valence-corrected chi connectivity index (χ4v) is 3.98. The molecule has 3 N–H and O–H groups in total. The molecular formula is C17H24Cl2N2O2. The molecule has 0 bridgehead atoms. The zero-order chi connectivity index (χ0) is 15.6. The Morgan fingerprint density at radius 2 is 2.13 bits per heavy atom. The smallest absolute Gasteiger partial charge is 0.227 e. The van der Waals surface area contributed by atoms with Crippen LogP contribution in [0.2, 0.25) is 5.02 Å². The predicted molar refractivity (Wildman–Crippen MR) is 93.9 cm³/mol. The van der Waals surface area contributed by atoms with E-state index in [2.05, 4.69) is 10.6 Å². The number of halogens is 2. The van der Waals surface area contributed by atoms with Crippen LogP contribution in [-0.4, -0.2) is 30.6 Å². The van der Waals surface area contributed by atoms with Crippen LogP contribution in [0.5, 0.6) is 0 Å². The van der Waals surface area contributed by atoms with Crippen molar-refractivity contribution in [3.63, 3.8) is 0 Å². The van der Waals surface area contributed by atoms with Crippen molar-refractivity contribution >= 4 is 29.9 Å². The molecule has 4 nitrogen and oxygen atoms in total. The molecule has 1 unspecified atom stereocenters. The molecule has 1 saturated carbocycles. The molecule has 0 aromatic heterocycles. The number of hydrogen-bond donors (Lipinski definition) is 3. The molecule has 1 amide bonds. The largest absolute Gasteiger partial charge is 0.387 e. The van der Waals surface area contributed by atoms with Crippen molar-refractivity contribution in [3.05, 3.63) is 34.9 Å². The van der Waals surface area contributed by atoms with Gasteiger partial charge in [0.2, 0.25) is 5.91 Å². The van der Waals surface area contributed by atoms with Gasteiger partial charge in [-0.25, -0.2) is 0 Å². The van der Waals surface area contributed by atoms with Gasteiger partial charge in [0, 0.05) is 18.1 Å². The van der Waals surface area contributed by atoms with E-state index in [1.807, 2.05) is 0 Å². The van der Waals surface area contributed by atoms with Crippen LogP contribution in [-0.2, 0) is 4.79 Å². The Kier molecular flexibility index (Phi) is 6.32. The Hall–Kier alpha value is -0.810. The molecule has 1 aliphatic heterocycles. The number of hydrogen-bond acceptors (Lipinski definition) is 3. The van der Waals surface area contributed by atoms with Gasteiger partial charge >= 0.3 is 0 Å². The summed E-state index contributed by atoms with van der Waals surface area (Å²) in [5, 5.41) is 17.2. The van der Waals surface area contributed by atoms with Gasteiger partial charge < -0.3 is 15.7 Å². The molecule has 2 fully saturated rings. The second kappa shape index (κ2) is 7.84. The highest BCUT2D eigenvalue weighted by Gasteiger charge is 2.49. The summed E-state index contributed by atoms with van der Waals surface area (Å²) in [6.45, 7) is 1.95. The van der Waals surface area contributed by atoms with E-state index in [9.17, 15) is 9.90 Å². The highest BCUT2D eigenvalue weighted by atomic mass is 35.5. The lowest BCUT2D eigenvalue weighted by molar-refractivity contribution is -0.134. The van der Waals surface area contributed by atoms with Crippen molar-refractivity contribution in [1.29, 1.82) is 0 Å². The monoisotopic (exact) mass is 358 g/mol. The molecule has 3 atom stereocenters. The van der Waals surface area contributed by atoms with Crippen molar-refractivity contribution in [2.75, 3.05) is 19.6 Å². The van der Waals surface area contributed by atoms with Crippen molar-refractivity contribution in [1.82, 2.24) is 10.6 Å². The number of carbonyl (C=O) groups excluding carboxylic acids is 1. The van der Waals surface area contributed by atoms with Gasteiger partial charge in [0.1, 0.15) is 0 Å². The average Bonchev–Trinajstić information content (AvgIpc) is 2.98. The summed E-state index contributed by atoms with van der Waals surface area (Å²) in [6, 6.07) is 7.08. The summed E-state index contributed by atoms with van der Waals surface area (Å²) >= 11 is 5.85. The number of amides is 1. The second-order valence-corrected chi connectivity index (χ2v) is 6.94. The summed E-state index contributed by atoms with van der Waals surface area (Å²) in [5.74, 6) is 0.532. The third-order valence-corrected chi connectivity index (χ3v) is 5.45. The van der Waals surface area contributed by atoms with Crippen LogP contribution in [0.1, 0.15) is 37.4 Å². The summed E-state index contributed by atoms with van der Waals surface area (Å²) in [7, 11) is 0. The predicted octanol–water partition coefficient (Wildman–Crippen LogP) is 2.69. The number of benzene rings is 1. The summed E-state index contributed by atoms with van der Waals surface area (Å²) in [6.07, 6.45) is 3.71. The van der Waals surface area contributed by atoms with E-state index in [1.54, 1.807) is 24.3 Å². The Morgan fingerprint density at radius 1 is 1.39 bits per heavy atom. The quantitative estimate of drug-likeness (QED) is 0.775. The van der Waals surface area contributed by atoms with Gasteiger partial charge in [-0.1, -0.05) is 36.6 Å². The first-order valence-electron chi connectivity index (χ1n) is 8.04. The van der Waals surface area contributed by atoms with Crippen molar-refractivity contribution < 1.29 is 9.90 Å². The fourth-order valence-electron chi connectivity index (χ4n) is 3.86. The fraction of sp³-hybridized carbons (Fsp3) is 0.588. The standard InChI is InChI=1S/C17H23ClN2O2.ClH/c18-14-6-4-12(5-7-14)15(21)10-20-16(22)17-8-2-1-3-13(17)9-19-11-17;/h4-7,13,15,19,21H,1-3,8-11H2,(H,20,22);1H/t13-,15?,17+;/m0./s1. The van der Waals surface area contributed by atoms with E-state index in [0.29, 0.717) is 10.9 Å². The van der Waals surface area contributed by atoms with Crippen LogP contribution >= 0.6 is 24.0 Å². The van der Waals surface area contributed by atoms with Crippen LogP contribution in [0.4, 0.5) is 0 Å². The van der Waals surface area contributed by atoms with E-state index in [4.69, 9.17) is 11.6 Å². The van der Waals surface area contributed by atoms with Gasteiger partial charge in [0.05, 0.1) is 11.5 Å². The topological polar surface area (TPSA) is 61.4 Å². The van der Waals surface area contributed by atoms with Gasteiger partial charge in [0.25, 0.3) is 0 Å². The molecule has 0 spiro atoms. The molecule has 2 aliphatic rings. The minimum Gasteiger partial charge on any atom is -0.387 e. The molecule has 1 saturated heterocycles. The molecule has 1 heterocycles.